The first kappa shape index (κ1) is 34.9. The first-order chi connectivity index (χ1) is 23.5. The number of carbonyl (C=O) groups excluding carboxylic acids is 2. The van der Waals surface area contributed by atoms with Crippen molar-refractivity contribution in [2.75, 3.05) is 65.6 Å². The molecule has 3 aliphatic heterocycles. The highest BCUT2D eigenvalue weighted by Crippen LogP contribution is 2.45. The number of amides is 3. The lowest BCUT2D eigenvalue weighted by atomic mass is 9.94. The molecular weight excluding hydrogens is 686 g/mol. The molecule has 0 radical (unpaired) electrons. The summed E-state index contributed by atoms with van der Waals surface area (Å²) in [6.07, 6.45) is -3.82. The van der Waals surface area contributed by atoms with Gasteiger partial charge in [0.1, 0.15) is 11.9 Å². The summed E-state index contributed by atoms with van der Waals surface area (Å²) in [5.41, 5.74) is 1.44. The fraction of sp³-hybridized carbons (Fsp3) is 0.424. The zero-order valence-corrected chi connectivity index (χ0v) is 28.1. The van der Waals surface area contributed by atoms with Crippen molar-refractivity contribution in [3.63, 3.8) is 0 Å². The van der Waals surface area contributed by atoms with E-state index in [4.69, 9.17) is 37.7 Å². The van der Waals surface area contributed by atoms with Crippen LogP contribution in [0.5, 0.6) is 5.88 Å². The Kier molecular flexibility index (Phi) is 10.6. The van der Waals surface area contributed by atoms with Crippen LogP contribution < -0.4 is 4.74 Å². The highest BCUT2D eigenvalue weighted by Gasteiger charge is 2.46. The molecule has 2 fully saturated rings. The summed E-state index contributed by atoms with van der Waals surface area (Å²) >= 11 is 12.5. The van der Waals surface area contributed by atoms with Gasteiger partial charge in [-0.15, -0.1) is 0 Å². The third-order valence-electron chi connectivity index (χ3n) is 8.59. The van der Waals surface area contributed by atoms with E-state index in [1.165, 1.54) is 4.90 Å². The maximum atomic E-state index is 14.7. The summed E-state index contributed by atoms with van der Waals surface area (Å²) < 4.78 is 52.0. The number of piperazine rings is 1. The largest absolute Gasteiger partial charge is 0.477 e. The second kappa shape index (κ2) is 14.9. The molecule has 0 spiro atoms. The Morgan fingerprint density at radius 1 is 0.898 bits per heavy atom. The van der Waals surface area contributed by atoms with E-state index in [-0.39, 0.29) is 36.3 Å². The summed E-state index contributed by atoms with van der Waals surface area (Å²) in [6.45, 7) is 5.47. The zero-order chi connectivity index (χ0) is 34.7. The minimum Gasteiger partial charge on any atom is -0.477 e. The predicted octanol–water partition coefficient (Wildman–Crippen LogP) is 5.34. The number of hydrogen-bond acceptors (Lipinski definition) is 8. The maximum absolute atomic E-state index is 14.7. The monoisotopic (exact) mass is 719 g/mol. The van der Waals surface area contributed by atoms with E-state index in [0.29, 0.717) is 68.1 Å². The smallest absolute Gasteiger partial charge is 0.451 e. The number of rotatable bonds is 7. The van der Waals surface area contributed by atoms with Crippen LogP contribution in [-0.2, 0) is 15.7 Å². The molecule has 0 N–H and O–H groups in total. The number of nitrogens with zero attached hydrogens (tertiary/aromatic N) is 7. The minimum atomic E-state index is -4.82. The number of carbonyl (C=O) groups is 2. The molecule has 2 atom stereocenters. The molecule has 0 aliphatic carbocycles. The Balaban J connectivity index is 1.37. The SMILES string of the molecule is CCOc1nc(C(F)(F)F)ncc1C1=N[C@H](c2ccc(Cl)cc2)[C@H](c2ccc(Cl)cc2)N1C(=O)N1CCN(CC(=O)N2CCOCC2)CC1. The lowest BCUT2D eigenvalue weighted by Gasteiger charge is -2.39. The van der Waals surface area contributed by atoms with Crippen molar-refractivity contribution in [2.45, 2.75) is 25.2 Å². The van der Waals surface area contributed by atoms with E-state index in [1.807, 2.05) is 4.90 Å². The number of aliphatic imine (C=N–C) groups is 1. The van der Waals surface area contributed by atoms with Gasteiger partial charge < -0.3 is 19.3 Å². The van der Waals surface area contributed by atoms with E-state index >= 15 is 0 Å². The van der Waals surface area contributed by atoms with E-state index in [1.54, 1.807) is 65.3 Å². The fourth-order valence-electron chi connectivity index (χ4n) is 6.11. The number of hydrogen-bond donors (Lipinski definition) is 0. The molecule has 2 aromatic carbocycles. The molecule has 16 heteroatoms. The maximum Gasteiger partial charge on any atom is 0.451 e. The number of halogens is 5. The predicted molar refractivity (Wildman–Crippen MR) is 176 cm³/mol. The van der Waals surface area contributed by atoms with Gasteiger partial charge in [-0.2, -0.15) is 18.2 Å². The molecule has 0 bridgehead atoms. The Bertz CT molecular complexity index is 1680. The molecule has 4 heterocycles. The molecule has 11 nitrogen and oxygen atoms in total. The first-order valence-corrected chi connectivity index (χ1v) is 16.6. The third-order valence-corrected chi connectivity index (χ3v) is 9.09. The average molecular weight is 721 g/mol. The minimum absolute atomic E-state index is 0.00882. The summed E-state index contributed by atoms with van der Waals surface area (Å²) in [7, 11) is 0. The summed E-state index contributed by atoms with van der Waals surface area (Å²) in [5.74, 6) is -1.65. The van der Waals surface area contributed by atoms with Gasteiger partial charge in [-0.25, -0.2) is 9.78 Å². The van der Waals surface area contributed by atoms with Crippen LogP contribution in [0.1, 0.15) is 41.5 Å². The topological polar surface area (TPSA) is 104 Å². The van der Waals surface area contributed by atoms with Crippen LogP contribution in [0.4, 0.5) is 18.0 Å². The molecule has 0 saturated carbocycles. The van der Waals surface area contributed by atoms with Crippen molar-refractivity contribution >= 4 is 41.0 Å². The van der Waals surface area contributed by atoms with Gasteiger partial charge in [0.15, 0.2) is 0 Å². The summed E-state index contributed by atoms with van der Waals surface area (Å²) in [5, 5.41) is 0.989. The number of urea groups is 1. The number of aromatic nitrogens is 2. The number of alkyl halides is 3. The molecule has 6 rings (SSSR count). The highest BCUT2D eigenvalue weighted by atomic mass is 35.5. The van der Waals surface area contributed by atoms with Gasteiger partial charge in [-0.3, -0.25) is 19.6 Å². The third kappa shape index (κ3) is 7.77. The van der Waals surface area contributed by atoms with Crippen molar-refractivity contribution in [1.29, 1.82) is 0 Å². The highest BCUT2D eigenvalue weighted by molar-refractivity contribution is 6.30. The van der Waals surface area contributed by atoms with Gasteiger partial charge in [0.25, 0.3) is 0 Å². The molecule has 3 aliphatic rings. The van der Waals surface area contributed by atoms with E-state index < -0.39 is 30.1 Å². The molecule has 1 aromatic heterocycles. The van der Waals surface area contributed by atoms with Crippen LogP contribution in [0.15, 0.2) is 59.7 Å². The van der Waals surface area contributed by atoms with Crippen molar-refractivity contribution in [1.82, 2.24) is 29.6 Å². The Morgan fingerprint density at radius 3 is 2.10 bits per heavy atom. The van der Waals surface area contributed by atoms with Crippen LogP contribution in [0.2, 0.25) is 10.0 Å². The lowest BCUT2D eigenvalue weighted by Crippen LogP contribution is -2.56. The molecule has 49 heavy (non-hydrogen) atoms. The number of morpholine rings is 1. The van der Waals surface area contributed by atoms with Crippen molar-refractivity contribution in [3.8, 4) is 5.88 Å². The molecule has 3 aromatic rings. The number of amidine groups is 1. The first-order valence-electron chi connectivity index (χ1n) is 15.9. The van der Waals surface area contributed by atoms with Gasteiger partial charge in [0, 0.05) is 55.5 Å². The normalized spacial score (nSPS) is 20.4. The Hall–Kier alpha value is -3.98. The second-order valence-electron chi connectivity index (χ2n) is 11.7. The zero-order valence-electron chi connectivity index (χ0n) is 26.6. The summed E-state index contributed by atoms with van der Waals surface area (Å²) in [6, 6.07) is 12.1. The Morgan fingerprint density at radius 2 is 1.51 bits per heavy atom. The second-order valence-corrected chi connectivity index (χ2v) is 12.6. The van der Waals surface area contributed by atoms with E-state index in [0.717, 1.165) is 11.8 Å². The molecule has 260 valence electrons. The standard InChI is InChI=1S/C33H34Cl2F3N7O4/c1-2-49-30-25(19-39-31(41-30)33(36,37)38)29-40-27(21-3-7-23(34)8-4-21)28(22-5-9-24(35)10-6-22)45(29)32(47)44-13-11-42(12-14-44)20-26(46)43-15-17-48-18-16-43/h3-10,19,27-28H,2,11-18,20H2,1H3/t27-,28+/m1/s1. The Labute approximate surface area is 291 Å². The van der Waals surface area contributed by atoms with E-state index in [9.17, 15) is 22.8 Å². The van der Waals surface area contributed by atoms with Gasteiger partial charge in [0.05, 0.1) is 38.0 Å². The molecule has 0 unspecified atom stereocenters. The van der Waals surface area contributed by atoms with Crippen LogP contribution in [0.3, 0.4) is 0 Å². The van der Waals surface area contributed by atoms with Crippen molar-refractivity contribution in [3.05, 3.63) is 87.3 Å². The van der Waals surface area contributed by atoms with Crippen molar-refractivity contribution in [2.24, 2.45) is 4.99 Å². The lowest BCUT2D eigenvalue weighted by molar-refractivity contribution is -0.145. The number of benzene rings is 2. The average Bonchev–Trinajstić information content (AvgIpc) is 3.49. The van der Waals surface area contributed by atoms with Gasteiger partial charge >= 0.3 is 12.2 Å². The fourth-order valence-corrected chi connectivity index (χ4v) is 6.36. The van der Waals surface area contributed by atoms with Crippen molar-refractivity contribution < 1.29 is 32.2 Å². The van der Waals surface area contributed by atoms with E-state index in [2.05, 4.69) is 9.97 Å². The molecule has 2 saturated heterocycles. The van der Waals surface area contributed by atoms with Crippen LogP contribution in [-0.4, -0.2) is 113 Å². The molecular formula is C33H34Cl2F3N7O4. The quantitative estimate of drug-likeness (QED) is 0.325. The van der Waals surface area contributed by atoms with Crippen LogP contribution >= 0.6 is 23.2 Å². The molecule has 3 amide bonds. The van der Waals surface area contributed by atoms with Gasteiger partial charge in [-0.1, -0.05) is 47.5 Å². The summed E-state index contributed by atoms with van der Waals surface area (Å²) in [4.78, 5) is 46.8. The number of ether oxygens (including phenoxy) is 2. The van der Waals surface area contributed by atoms with Gasteiger partial charge in [0.2, 0.25) is 17.6 Å². The van der Waals surface area contributed by atoms with Crippen LogP contribution in [0, 0.1) is 0 Å². The van der Waals surface area contributed by atoms with Gasteiger partial charge in [-0.05, 0) is 42.3 Å². The van der Waals surface area contributed by atoms with Crippen LogP contribution in [0.25, 0.3) is 0 Å².